The van der Waals surface area contributed by atoms with Gasteiger partial charge in [-0.2, -0.15) is 0 Å². The Labute approximate surface area is 118 Å². The smallest absolute Gasteiger partial charge is 0.164 e. The van der Waals surface area contributed by atoms with Crippen molar-refractivity contribution in [1.82, 2.24) is 19.7 Å². The van der Waals surface area contributed by atoms with Gasteiger partial charge in [-0.05, 0) is 32.5 Å². The van der Waals surface area contributed by atoms with Crippen molar-refractivity contribution in [3.8, 4) is 11.3 Å². The molecule has 0 aliphatic carbocycles. The van der Waals surface area contributed by atoms with Crippen molar-refractivity contribution in [2.24, 2.45) is 0 Å². The molecule has 0 amide bonds. The number of aryl methyl sites for hydroxylation is 2. The van der Waals surface area contributed by atoms with Crippen LogP contribution >= 0.6 is 0 Å². The van der Waals surface area contributed by atoms with Gasteiger partial charge in [-0.15, -0.1) is 0 Å². The van der Waals surface area contributed by atoms with Gasteiger partial charge >= 0.3 is 0 Å². The number of fused-ring (bicyclic) bond motifs is 1. The summed E-state index contributed by atoms with van der Waals surface area (Å²) in [6, 6.07) is 8.36. The molecule has 0 unspecified atom stereocenters. The second-order valence-electron chi connectivity index (χ2n) is 5.04. The summed E-state index contributed by atoms with van der Waals surface area (Å²) in [4.78, 5) is 9.27. The van der Waals surface area contributed by atoms with Crippen molar-refractivity contribution in [3.05, 3.63) is 53.6 Å². The number of hydrogen-bond donors (Lipinski definition) is 1. The summed E-state index contributed by atoms with van der Waals surface area (Å²) < 4.78 is 2.05. The summed E-state index contributed by atoms with van der Waals surface area (Å²) in [6.45, 7) is 4.94. The van der Waals surface area contributed by atoms with Gasteiger partial charge in [0.15, 0.2) is 5.65 Å². The Morgan fingerprint density at radius 3 is 2.85 bits per heavy atom. The topological polar surface area (TPSA) is 42.2 Å². The van der Waals surface area contributed by atoms with Gasteiger partial charge in [-0.3, -0.25) is 4.40 Å². The molecule has 4 heteroatoms. The van der Waals surface area contributed by atoms with Gasteiger partial charge in [-0.1, -0.05) is 23.8 Å². The quantitative estimate of drug-likeness (QED) is 0.792. The molecule has 20 heavy (non-hydrogen) atoms. The third-order valence-electron chi connectivity index (χ3n) is 3.45. The second kappa shape index (κ2) is 5.06. The minimum atomic E-state index is 0.720. The summed E-state index contributed by atoms with van der Waals surface area (Å²) in [6.07, 6.45) is 3.82. The fourth-order valence-electron chi connectivity index (χ4n) is 2.53. The largest absolute Gasteiger partial charge is 0.313 e. The van der Waals surface area contributed by atoms with Crippen molar-refractivity contribution >= 4 is 5.65 Å². The molecule has 2 heterocycles. The molecule has 0 saturated carbocycles. The highest BCUT2D eigenvalue weighted by Crippen LogP contribution is 2.27. The van der Waals surface area contributed by atoms with Gasteiger partial charge < -0.3 is 5.32 Å². The van der Waals surface area contributed by atoms with Crippen LogP contribution in [0.5, 0.6) is 0 Å². The molecule has 0 bridgehead atoms. The average Bonchev–Trinajstić information content (AvgIpc) is 2.79. The molecule has 0 atom stereocenters. The molecule has 3 aromatic rings. The Hall–Kier alpha value is -2.20. The number of imidazole rings is 1. The van der Waals surface area contributed by atoms with Gasteiger partial charge in [0.25, 0.3) is 0 Å². The molecule has 0 spiro atoms. The van der Waals surface area contributed by atoms with Gasteiger partial charge in [0.2, 0.25) is 0 Å². The lowest BCUT2D eigenvalue weighted by Crippen LogP contribution is -2.08. The first-order chi connectivity index (χ1) is 9.70. The van der Waals surface area contributed by atoms with Crippen LogP contribution in [0, 0.1) is 13.8 Å². The normalized spacial score (nSPS) is 11.2. The molecule has 1 aromatic carbocycles. The first-order valence-electron chi connectivity index (χ1n) is 6.75. The Morgan fingerprint density at radius 2 is 2.10 bits per heavy atom. The first kappa shape index (κ1) is 12.8. The molecule has 0 aliphatic rings. The molecule has 2 aromatic heterocycles. The van der Waals surface area contributed by atoms with Crippen LogP contribution < -0.4 is 5.32 Å². The fraction of sp³-hybridized carbons (Fsp3) is 0.250. The van der Waals surface area contributed by atoms with E-state index in [1.54, 1.807) is 0 Å². The van der Waals surface area contributed by atoms with Crippen LogP contribution in [0.4, 0.5) is 0 Å². The molecular formula is C16H18N4. The molecule has 0 aliphatic heterocycles. The maximum atomic E-state index is 4.78. The van der Waals surface area contributed by atoms with E-state index in [2.05, 4.69) is 42.3 Å². The minimum Gasteiger partial charge on any atom is -0.313 e. The van der Waals surface area contributed by atoms with Crippen LogP contribution in [0.15, 0.2) is 36.7 Å². The summed E-state index contributed by atoms with van der Waals surface area (Å²) >= 11 is 0. The lowest BCUT2D eigenvalue weighted by Gasteiger charge is -2.04. The molecule has 1 N–H and O–H groups in total. The Bertz CT molecular complexity index is 758. The van der Waals surface area contributed by atoms with Crippen LogP contribution in [-0.4, -0.2) is 21.4 Å². The predicted molar refractivity (Wildman–Crippen MR) is 80.7 cm³/mol. The third-order valence-corrected chi connectivity index (χ3v) is 3.45. The number of rotatable bonds is 3. The number of hydrogen-bond acceptors (Lipinski definition) is 3. The third kappa shape index (κ3) is 2.08. The monoisotopic (exact) mass is 266 g/mol. The number of benzene rings is 1. The van der Waals surface area contributed by atoms with Crippen molar-refractivity contribution in [2.75, 3.05) is 7.05 Å². The van der Waals surface area contributed by atoms with Crippen LogP contribution in [-0.2, 0) is 6.54 Å². The Morgan fingerprint density at radius 1 is 1.25 bits per heavy atom. The second-order valence-corrected chi connectivity index (χ2v) is 5.04. The van der Waals surface area contributed by atoms with Crippen molar-refractivity contribution < 1.29 is 0 Å². The van der Waals surface area contributed by atoms with E-state index in [1.807, 2.05) is 29.9 Å². The van der Waals surface area contributed by atoms with Gasteiger partial charge in [-0.25, -0.2) is 9.97 Å². The standard InChI is InChI=1S/C16H18N4/c1-11-5-6-13(12(2)9-11)15-16-18-7-4-8-20(16)14(19-15)10-17-3/h4-9,17H,10H2,1-3H3. The fourth-order valence-corrected chi connectivity index (χ4v) is 2.53. The van der Waals surface area contributed by atoms with E-state index in [-0.39, 0.29) is 0 Å². The highest BCUT2D eigenvalue weighted by molar-refractivity contribution is 5.77. The summed E-state index contributed by atoms with van der Waals surface area (Å²) in [5.74, 6) is 0.977. The molecule has 102 valence electrons. The number of aromatic nitrogens is 3. The van der Waals surface area contributed by atoms with Crippen molar-refractivity contribution in [1.29, 1.82) is 0 Å². The maximum Gasteiger partial charge on any atom is 0.164 e. The zero-order chi connectivity index (χ0) is 14.1. The van der Waals surface area contributed by atoms with E-state index < -0.39 is 0 Å². The molecule has 0 radical (unpaired) electrons. The molecule has 3 rings (SSSR count). The average molecular weight is 266 g/mol. The minimum absolute atomic E-state index is 0.720. The van der Waals surface area contributed by atoms with Crippen molar-refractivity contribution in [2.45, 2.75) is 20.4 Å². The SMILES string of the molecule is CNCc1nc(-c2ccc(C)cc2C)c2ncccn12. The van der Waals surface area contributed by atoms with Crippen molar-refractivity contribution in [3.63, 3.8) is 0 Å². The van der Waals surface area contributed by atoms with Crippen LogP contribution in [0.25, 0.3) is 16.9 Å². The number of nitrogens with one attached hydrogen (secondary N) is 1. The molecule has 0 fully saturated rings. The molecular weight excluding hydrogens is 248 g/mol. The first-order valence-corrected chi connectivity index (χ1v) is 6.75. The summed E-state index contributed by atoms with van der Waals surface area (Å²) in [5, 5.41) is 3.15. The van der Waals surface area contributed by atoms with E-state index in [0.29, 0.717) is 0 Å². The Balaban J connectivity index is 2.25. The number of nitrogens with zero attached hydrogens (tertiary/aromatic N) is 3. The van der Waals surface area contributed by atoms with E-state index >= 15 is 0 Å². The molecule has 0 saturated heterocycles. The highest BCUT2D eigenvalue weighted by Gasteiger charge is 2.14. The summed E-state index contributed by atoms with van der Waals surface area (Å²) in [7, 11) is 1.92. The van der Waals surface area contributed by atoms with Crippen LogP contribution in [0.3, 0.4) is 0 Å². The van der Waals surface area contributed by atoms with Gasteiger partial charge in [0, 0.05) is 18.0 Å². The zero-order valence-corrected chi connectivity index (χ0v) is 12.0. The van der Waals surface area contributed by atoms with Gasteiger partial charge in [0.1, 0.15) is 11.5 Å². The van der Waals surface area contributed by atoms with Gasteiger partial charge in [0.05, 0.1) is 6.54 Å². The van der Waals surface area contributed by atoms with E-state index in [0.717, 1.165) is 29.3 Å². The van der Waals surface area contributed by atoms with E-state index in [1.165, 1.54) is 11.1 Å². The maximum absolute atomic E-state index is 4.78. The van der Waals surface area contributed by atoms with E-state index in [9.17, 15) is 0 Å². The Kier molecular flexibility index (Phi) is 3.24. The highest BCUT2D eigenvalue weighted by atomic mass is 15.1. The molecule has 4 nitrogen and oxygen atoms in total. The van der Waals surface area contributed by atoms with Crippen LogP contribution in [0.2, 0.25) is 0 Å². The van der Waals surface area contributed by atoms with E-state index in [4.69, 9.17) is 4.98 Å². The lowest BCUT2D eigenvalue weighted by molar-refractivity contribution is 0.754. The lowest BCUT2D eigenvalue weighted by atomic mass is 10.0. The zero-order valence-electron chi connectivity index (χ0n) is 12.0. The predicted octanol–water partition coefficient (Wildman–Crippen LogP) is 2.73. The summed E-state index contributed by atoms with van der Waals surface area (Å²) in [5.41, 5.74) is 5.50. The van der Waals surface area contributed by atoms with Crippen LogP contribution in [0.1, 0.15) is 17.0 Å².